The van der Waals surface area contributed by atoms with Crippen LogP contribution in [0.25, 0.3) is 11.2 Å². The number of oxazole rings is 1. The number of nitrogens with zero attached hydrogens (tertiary/aromatic N) is 1. The zero-order valence-electron chi connectivity index (χ0n) is 8.12. The summed E-state index contributed by atoms with van der Waals surface area (Å²) in [6.07, 6.45) is -0.728. The van der Waals surface area contributed by atoms with E-state index in [4.69, 9.17) is 4.42 Å². The van der Waals surface area contributed by atoms with E-state index < -0.39 is 18.0 Å². The summed E-state index contributed by atoms with van der Waals surface area (Å²) in [5.41, 5.74) is 0.922. The van der Waals surface area contributed by atoms with Gasteiger partial charge in [0.1, 0.15) is 6.10 Å². The standard InChI is InChI=1S/C9H10N2O4S/c12-5(3-16)7(13)4-1-6-8(10-2-4)11-9(14)15-6/h1-2,5,7,12-13,16H,3H2,(H,10,11,14). The molecular weight excluding hydrogens is 232 g/mol. The topological polar surface area (TPSA) is 99.4 Å². The van der Waals surface area contributed by atoms with Gasteiger partial charge in [-0.2, -0.15) is 12.6 Å². The summed E-state index contributed by atoms with van der Waals surface area (Å²) >= 11 is 3.87. The molecular formula is C9H10N2O4S. The normalized spacial score (nSPS) is 15.2. The largest absolute Gasteiger partial charge is 0.418 e. The van der Waals surface area contributed by atoms with E-state index in [-0.39, 0.29) is 11.3 Å². The second-order valence-corrected chi connectivity index (χ2v) is 3.69. The summed E-state index contributed by atoms with van der Waals surface area (Å²) in [7, 11) is 0. The number of fused-ring (bicyclic) bond motifs is 1. The predicted octanol–water partition coefficient (Wildman–Crippen LogP) is -0.160. The maximum atomic E-state index is 10.9. The lowest BCUT2D eigenvalue weighted by atomic mass is 10.1. The summed E-state index contributed by atoms with van der Waals surface area (Å²) in [5.74, 6) is -0.486. The fourth-order valence-electron chi connectivity index (χ4n) is 1.34. The summed E-state index contributed by atoms with van der Waals surface area (Å²) < 4.78 is 4.79. The van der Waals surface area contributed by atoms with Crippen molar-refractivity contribution in [1.29, 1.82) is 0 Å². The third kappa shape index (κ3) is 1.97. The van der Waals surface area contributed by atoms with Crippen LogP contribution in [0.4, 0.5) is 0 Å². The number of H-pyrrole nitrogens is 1. The van der Waals surface area contributed by atoms with Gasteiger partial charge in [-0.25, -0.2) is 9.78 Å². The number of rotatable bonds is 3. The van der Waals surface area contributed by atoms with E-state index in [9.17, 15) is 15.0 Å². The van der Waals surface area contributed by atoms with Crippen LogP contribution in [0.3, 0.4) is 0 Å². The molecule has 0 aliphatic carbocycles. The van der Waals surface area contributed by atoms with E-state index in [1.807, 2.05) is 0 Å². The molecule has 0 saturated carbocycles. The lowest BCUT2D eigenvalue weighted by Gasteiger charge is -2.15. The highest BCUT2D eigenvalue weighted by Gasteiger charge is 2.18. The van der Waals surface area contributed by atoms with Crippen LogP contribution in [0.2, 0.25) is 0 Å². The summed E-state index contributed by atoms with van der Waals surface area (Å²) in [4.78, 5) is 17.1. The molecule has 0 amide bonds. The minimum Gasteiger partial charge on any atom is -0.406 e. The number of pyridine rings is 1. The number of hydrogen-bond donors (Lipinski definition) is 4. The lowest BCUT2D eigenvalue weighted by Crippen LogP contribution is -2.19. The Kier molecular flexibility index (Phi) is 2.99. The number of aromatic nitrogens is 2. The van der Waals surface area contributed by atoms with Gasteiger partial charge in [-0.05, 0) is 6.07 Å². The fourth-order valence-corrected chi connectivity index (χ4v) is 1.54. The van der Waals surface area contributed by atoms with Gasteiger partial charge in [0.25, 0.3) is 0 Å². The number of aromatic amines is 1. The highest BCUT2D eigenvalue weighted by Crippen LogP contribution is 2.19. The molecule has 16 heavy (non-hydrogen) atoms. The smallest absolute Gasteiger partial charge is 0.406 e. The molecule has 0 spiro atoms. The van der Waals surface area contributed by atoms with Crippen molar-refractivity contribution < 1.29 is 14.6 Å². The van der Waals surface area contributed by atoms with Crippen LogP contribution in [0.5, 0.6) is 0 Å². The van der Waals surface area contributed by atoms with E-state index in [1.165, 1.54) is 12.3 Å². The van der Waals surface area contributed by atoms with Crippen molar-refractivity contribution in [3.63, 3.8) is 0 Å². The van der Waals surface area contributed by atoms with Crippen molar-refractivity contribution in [3.05, 3.63) is 28.4 Å². The van der Waals surface area contributed by atoms with Crippen molar-refractivity contribution in [2.45, 2.75) is 12.2 Å². The third-order valence-electron chi connectivity index (χ3n) is 2.19. The van der Waals surface area contributed by atoms with Gasteiger partial charge in [-0.3, -0.25) is 4.98 Å². The van der Waals surface area contributed by atoms with E-state index in [0.29, 0.717) is 11.2 Å². The van der Waals surface area contributed by atoms with E-state index in [0.717, 1.165) is 0 Å². The molecule has 2 aromatic rings. The molecule has 3 N–H and O–H groups in total. The minimum atomic E-state index is -1.10. The molecule has 0 aliphatic heterocycles. The molecule has 86 valence electrons. The highest BCUT2D eigenvalue weighted by molar-refractivity contribution is 7.80. The monoisotopic (exact) mass is 242 g/mol. The van der Waals surface area contributed by atoms with Crippen molar-refractivity contribution in [2.75, 3.05) is 5.75 Å². The number of aliphatic hydroxyl groups excluding tert-OH is 2. The number of thiol groups is 1. The summed E-state index contributed by atoms with van der Waals surface area (Å²) in [6.45, 7) is 0. The van der Waals surface area contributed by atoms with E-state index >= 15 is 0 Å². The zero-order valence-corrected chi connectivity index (χ0v) is 9.02. The maximum Gasteiger partial charge on any atom is 0.418 e. The minimum absolute atomic E-state index is 0.121. The fraction of sp³-hybridized carbons (Fsp3) is 0.333. The van der Waals surface area contributed by atoms with Crippen LogP contribution in [-0.2, 0) is 0 Å². The quantitative estimate of drug-likeness (QED) is 0.560. The molecule has 6 nitrogen and oxygen atoms in total. The average molecular weight is 242 g/mol. The van der Waals surface area contributed by atoms with Gasteiger partial charge >= 0.3 is 5.76 Å². The Balaban J connectivity index is 2.42. The van der Waals surface area contributed by atoms with Crippen LogP contribution >= 0.6 is 12.6 Å². The second-order valence-electron chi connectivity index (χ2n) is 3.32. The number of aliphatic hydroxyl groups is 2. The lowest BCUT2D eigenvalue weighted by molar-refractivity contribution is 0.0336. The van der Waals surface area contributed by atoms with Gasteiger partial charge in [-0.1, -0.05) is 0 Å². The van der Waals surface area contributed by atoms with Crippen molar-refractivity contribution in [1.82, 2.24) is 9.97 Å². The predicted molar refractivity (Wildman–Crippen MR) is 59.4 cm³/mol. The number of nitrogens with one attached hydrogen (secondary N) is 1. The first-order valence-corrected chi connectivity index (χ1v) is 5.21. The van der Waals surface area contributed by atoms with Gasteiger partial charge in [0, 0.05) is 17.5 Å². The maximum absolute atomic E-state index is 10.9. The average Bonchev–Trinajstić information content (AvgIpc) is 2.65. The van der Waals surface area contributed by atoms with Crippen molar-refractivity contribution in [2.24, 2.45) is 0 Å². The molecule has 2 unspecified atom stereocenters. The Hall–Kier alpha value is -1.31. The van der Waals surface area contributed by atoms with Crippen molar-refractivity contribution in [3.8, 4) is 0 Å². The van der Waals surface area contributed by atoms with E-state index in [1.54, 1.807) is 0 Å². The molecule has 0 saturated heterocycles. The van der Waals surface area contributed by atoms with Gasteiger partial charge in [0.15, 0.2) is 11.2 Å². The molecule has 7 heteroatoms. The molecule has 0 aliphatic rings. The van der Waals surface area contributed by atoms with Crippen LogP contribution in [0.1, 0.15) is 11.7 Å². The molecule has 2 atom stereocenters. The first-order chi connectivity index (χ1) is 7.61. The van der Waals surface area contributed by atoms with Crippen LogP contribution < -0.4 is 5.76 Å². The van der Waals surface area contributed by atoms with Crippen LogP contribution in [0.15, 0.2) is 21.5 Å². The van der Waals surface area contributed by atoms with Gasteiger partial charge in [-0.15, -0.1) is 0 Å². The third-order valence-corrected chi connectivity index (χ3v) is 2.56. The SMILES string of the molecule is O=c1[nH]c2ncc(C(O)C(O)CS)cc2o1. The van der Waals surface area contributed by atoms with Gasteiger partial charge in [0.2, 0.25) is 0 Å². The first-order valence-electron chi connectivity index (χ1n) is 4.57. The van der Waals surface area contributed by atoms with Crippen LogP contribution in [0, 0.1) is 0 Å². The second kappa shape index (κ2) is 4.28. The molecule has 2 heterocycles. The van der Waals surface area contributed by atoms with Crippen molar-refractivity contribution >= 4 is 23.9 Å². The van der Waals surface area contributed by atoms with Crippen LogP contribution in [-0.4, -0.2) is 32.0 Å². The molecule has 0 fully saturated rings. The first kappa shape index (κ1) is 11.2. The molecule has 0 radical (unpaired) electrons. The summed E-state index contributed by atoms with van der Waals surface area (Å²) in [5, 5.41) is 19.1. The summed E-state index contributed by atoms with van der Waals surface area (Å²) in [6, 6.07) is 1.46. The Morgan fingerprint density at radius 2 is 2.31 bits per heavy atom. The Morgan fingerprint density at radius 3 is 3.00 bits per heavy atom. The Bertz CT molecular complexity index is 550. The Morgan fingerprint density at radius 1 is 1.56 bits per heavy atom. The molecule has 0 bridgehead atoms. The van der Waals surface area contributed by atoms with Gasteiger partial charge < -0.3 is 14.6 Å². The Labute approximate surface area is 95.3 Å². The highest BCUT2D eigenvalue weighted by atomic mass is 32.1. The molecule has 0 aromatic carbocycles. The molecule has 2 aromatic heterocycles. The zero-order chi connectivity index (χ0) is 11.7. The number of hydrogen-bond acceptors (Lipinski definition) is 6. The van der Waals surface area contributed by atoms with Gasteiger partial charge in [0.05, 0.1) is 6.10 Å². The van der Waals surface area contributed by atoms with E-state index in [2.05, 4.69) is 22.6 Å². The molecule has 2 rings (SSSR count).